The molecule has 12 nitrogen and oxygen atoms in total. The van der Waals surface area contributed by atoms with Crippen molar-refractivity contribution < 1.29 is 27.5 Å². The number of benzene rings is 1. The highest BCUT2D eigenvalue weighted by Crippen LogP contribution is 2.24. The average Bonchev–Trinajstić information content (AvgIpc) is 2.66. The molecule has 0 aliphatic heterocycles. The van der Waals surface area contributed by atoms with Crippen molar-refractivity contribution in [2.75, 3.05) is 30.9 Å². The molecule has 0 bridgehead atoms. The summed E-state index contributed by atoms with van der Waals surface area (Å²) >= 11 is 0. The number of nitrogens with two attached hydrogens (primary N) is 1. The number of nitrogens with one attached hydrogen (secondary N) is 2. The predicted molar refractivity (Wildman–Crippen MR) is 99.6 cm³/mol. The number of urea groups is 1. The van der Waals surface area contributed by atoms with Gasteiger partial charge < -0.3 is 14.8 Å². The van der Waals surface area contributed by atoms with Gasteiger partial charge in [-0.25, -0.2) is 9.93 Å². The molecule has 2 rings (SSSR count). The number of amides is 3. The Balaban J connectivity index is 2.49. The van der Waals surface area contributed by atoms with E-state index in [0.29, 0.717) is 0 Å². The molecule has 1 aromatic heterocycles. The molecule has 0 radical (unpaired) electrons. The van der Waals surface area contributed by atoms with Crippen molar-refractivity contribution in [3.05, 3.63) is 35.9 Å². The zero-order valence-corrected chi connectivity index (χ0v) is 16.0. The average molecular weight is 410 g/mol. The second-order valence-corrected chi connectivity index (χ2v) is 6.51. The van der Waals surface area contributed by atoms with E-state index in [0.717, 1.165) is 0 Å². The van der Waals surface area contributed by atoms with Gasteiger partial charge in [0, 0.05) is 7.05 Å². The molecule has 1 aromatic carbocycles. The molecule has 150 valence electrons. The van der Waals surface area contributed by atoms with Crippen molar-refractivity contribution in [2.45, 2.75) is 0 Å². The Bertz CT molecular complexity index is 974. The van der Waals surface area contributed by atoms with Crippen LogP contribution in [0.25, 0.3) is 0 Å². The summed E-state index contributed by atoms with van der Waals surface area (Å²) in [5.41, 5.74) is -0.338. The van der Waals surface area contributed by atoms with Crippen LogP contribution in [0, 0.1) is 0 Å². The fourth-order valence-electron chi connectivity index (χ4n) is 2.15. The van der Waals surface area contributed by atoms with E-state index in [4.69, 9.17) is 14.6 Å². The smallest absolute Gasteiger partial charge is 0.343 e. The van der Waals surface area contributed by atoms with Gasteiger partial charge in [-0.15, -0.1) is 0 Å². The molecule has 2 aromatic rings. The number of rotatable bonds is 6. The molecule has 0 saturated heterocycles. The summed E-state index contributed by atoms with van der Waals surface area (Å²) in [6, 6.07) is 5.68. The van der Waals surface area contributed by atoms with Crippen LogP contribution in [0.15, 0.2) is 30.3 Å². The van der Waals surface area contributed by atoms with Crippen LogP contribution in [-0.4, -0.2) is 51.6 Å². The summed E-state index contributed by atoms with van der Waals surface area (Å²) in [6.45, 7) is 0. The lowest BCUT2D eigenvalue weighted by Crippen LogP contribution is -2.45. The second-order valence-electron chi connectivity index (χ2n) is 5.11. The Labute approximate surface area is 160 Å². The molecule has 28 heavy (non-hydrogen) atoms. The Morgan fingerprint density at radius 2 is 1.68 bits per heavy atom. The fourth-order valence-corrected chi connectivity index (χ4v) is 2.86. The highest BCUT2D eigenvalue weighted by Gasteiger charge is 2.30. The number of carbonyl (C=O) groups is 2. The minimum Gasteiger partial charge on any atom is -0.481 e. The summed E-state index contributed by atoms with van der Waals surface area (Å²) in [5, 5.41) is 9.75. The number of nitrogens with zero attached hydrogens (tertiary/aromatic N) is 3. The molecule has 0 spiro atoms. The number of hydrogen-bond donors (Lipinski definition) is 3. The van der Waals surface area contributed by atoms with Crippen LogP contribution < -0.4 is 29.6 Å². The van der Waals surface area contributed by atoms with E-state index >= 15 is 0 Å². The van der Waals surface area contributed by atoms with E-state index in [2.05, 4.69) is 20.6 Å². The molecular weight excluding hydrogens is 392 g/mol. The lowest BCUT2D eigenvalue weighted by Gasteiger charge is -2.22. The van der Waals surface area contributed by atoms with E-state index < -0.39 is 22.1 Å². The zero-order valence-electron chi connectivity index (χ0n) is 15.2. The van der Waals surface area contributed by atoms with E-state index in [1.54, 1.807) is 0 Å². The summed E-state index contributed by atoms with van der Waals surface area (Å²) in [4.78, 5) is 32.5. The van der Waals surface area contributed by atoms with E-state index in [1.165, 1.54) is 51.6 Å². The lowest BCUT2D eigenvalue weighted by molar-refractivity contribution is 0.0964. The molecule has 0 saturated carbocycles. The van der Waals surface area contributed by atoms with Crippen molar-refractivity contribution in [1.29, 1.82) is 0 Å². The Hall–Kier alpha value is -3.45. The van der Waals surface area contributed by atoms with Gasteiger partial charge in [0.15, 0.2) is 0 Å². The largest absolute Gasteiger partial charge is 0.481 e. The monoisotopic (exact) mass is 410 g/mol. The first-order valence-electron chi connectivity index (χ1n) is 7.63. The lowest BCUT2D eigenvalue weighted by atomic mass is 10.1. The standard InChI is InChI=1S/C15H18N6O6S/c1-17-13(22)9-6-4-5-7-10(9)21(28(16,24)25)15(23)20-14-18-11(26-2)8-12(19-14)27-3/h4-8H,1-3H3,(H,17,22)(H2,16,24,25)(H,18,19,20,23). The highest BCUT2D eigenvalue weighted by molar-refractivity contribution is 7.91. The van der Waals surface area contributed by atoms with Gasteiger partial charge in [-0.3, -0.25) is 10.1 Å². The number of hydrogen-bond acceptors (Lipinski definition) is 8. The zero-order chi connectivity index (χ0) is 20.9. The second kappa shape index (κ2) is 8.49. The fraction of sp³-hybridized carbons (Fsp3) is 0.200. The minimum atomic E-state index is -4.61. The number of methoxy groups -OCH3 is 2. The van der Waals surface area contributed by atoms with E-state index in [9.17, 15) is 18.0 Å². The molecule has 0 aliphatic rings. The first-order valence-corrected chi connectivity index (χ1v) is 9.13. The van der Waals surface area contributed by atoms with Gasteiger partial charge in [0.2, 0.25) is 17.7 Å². The van der Waals surface area contributed by atoms with Crippen LogP contribution in [-0.2, 0) is 10.2 Å². The summed E-state index contributed by atoms with van der Waals surface area (Å²) in [7, 11) is -0.578. The quantitative estimate of drug-likeness (QED) is 0.603. The molecule has 0 aliphatic carbocycles. The normalized spacial score (nSPS) is 10.7. The molecule has 0 atom stereocenters. The van der Waals surface area contributed by atoms with Gasteiger partial charge in [-0.05, 0) is 12.1 Å². The topological polar surface area (TPSA) is 166 Å². The van der Waals surface area contributed by atoms with Crippen LogP contribution in [0.3, 0.4) is 0 Å². The van der Waals surface area contributed by atoms with Crippen LogP contribution in [0.2, 0.25) is 0 Å². The Morgan fingerprint density at radius 3 is 2.18 bits per heavy atom. The van der Waals surface area contributed by atoms with E-state index in [1.807, 2.05) is 0 Å². The molecule has 0 unspecified atom stereocenters. The van der Waals surface area contributed by atoms with Gasteiger partial charge in [0.05, 0.1) is 31.5 Å². The molecule has 4 N–H and O–H groups in total. The third kappa shape index (κ3) is 4.63. The predicted octanol–water partition coefficient (Wildman–Crippen LogP) is 0.0954. The van der Waals surface area contributed by atoms with E-state index in [-0.39, 0.29) is 33.3 Å². The summed E-state index contributed by atoms with van der Waals surface area (Å²) in [5.74, 6) is -0.784. The summed E-state index contributed by atoms with van der Waals surface area (Å²) < 4.78 is 34.3. The van der Waals surface area contributed by atoms with Gasteiger partial charge in [0.1, 0.15) is 0 Å². The van der Waals surface area contributed by atoms with Gasteiger partial charge in [-0.1, -0.05) is 12.1 Å². The van der Waals surface area contributed by atoms with Crippen molar-refractivity contribution in [1.82, 2.24) is 15.3 Å². The van der Waals surface area contributed by atoms with Gasteiger partial charge in [0.25, 0.3) is 5.91 Å². The first-order chi connectivity index (χ1) is 13.2. The maximum atomic E-state index is 12.7. The molecule has 1 heterocycles. The Kier molecular flexibility index (Phi) is 6.33. The maximum Gasteiger partial charge on any atom is 0.343 e. The minimum absolute atomic E-state index is 0.0649. The number of anilines is 2. The highest BCUT2D eigenvalue weighted by atomic mass is 32.2. The first kappa shape index (κ1) is 20.9. The van der Waals surface area contributed by atoms with Crippen molar-refractivity contribution in [3.8, 4) is 11.8 Å². The van der Waals surface area contributed by atoms with Gasteiger partial charge in [-0.2, -0.15) is 22.7 Å². The number of ether oxygens (including phenoxy) is 2. The third-order valence-electron chi connectivity index (χ3n) is 3.35. The van der Waals surface area contributed by atoms with Crippen molar-refractivity contribution in [3.63, 3.8) is 0 Å². The molecule has 13 heteroatoms. The van der Waals surface area contributed by atoms with Crippen LogP contribution >= 0.6 is 0 Å². The van der Waals surface area contributed by atoms with Crippen LogP contribution in [0.4, 0.5) is 16.4 Å². The van der Waals surface area contributed by atoms with Crippen LogP contribution in [0.5, 0.6) is 11.8 Å². The maximum absolute atomic E-state index is 12.7. The third-order valence-corrected chi connectivity index (χ3v) is 4.22. The molecular formula is C15H18N6O6S. The molecule has 3 amide bonds. The number of aromatic nitrogens is 2. The number of para-hydroxylation sites is 1. The SMILES string of the molecule is CNC(=O)c1ccccc1N(C(=O)Nc1nc(OC)cc(OC)n1)S(N)(=O)=O. The van der Waals surface area contributed by atoms with Crippen molar-refractivity contribution in [2.24, 2.45) is 5.14 Å². The Morgan fingerprint density at radius 1 is 1.11 bits per heavy atom. The molecule has 0 fully saturated rings. The summed E-state index contributed by atoms with van der Waals surface area (Å²) in [6.07, 6.45) is 0. The van der Waals surface area contributed by atoms with Crippen LogP contribution in [0.1, 0.15) is 10.4 Å². The van der Waals surface area contributed by atoms with Crippen molar-refractivity contribution >= 4 is 33.8 Å². The van der Waals surface area contributed by atoms with Gasteiger partial charge >= 0.3 is 16.2 Å². The number of carbonyl (C=O) groups excluding carboxylic acids is 2.